The normalized spacial score (nSPS) is 12.0. The van der Waals surface area contributed by atoms with E-state index in [-0.39, 0.29) is 32.2 Å². The molecule has 1 unspecified atom stereocenters. The van der Waals surface area contributed by atoms with Gasteiger partial charge in [-0.2, -0.15) is 0 Å². The van der Waals surface area contributed by atoms with E-state index in [2.05, 4.69) is 10.6 Å². The molecule has 0 aliphatic rings. The summed E-state index contributed by atoms with van der Waals surface area (Å²) in [4.78, 5) is 51.8. The molecule has 1 aromatic carbocycles. The molecule has 0 fully saturated rings. The fourth-order valence-corrected chi connectivity index (χ4v) is 3.37. The van der Waals surface area contributed by atoms with Crippen molar-refractivity contribution < 1.29 is 28.7 Å². The van der Waals surface area contributed by atoms with E-state index in [4.69, 9.17) is 9.47 Å². The average Bonchev–Trinajstić information content (AvgIpc) is 2.70. The minimum atomic E-state index is -0.949. The van der Waals surface area contributed by atoms with E-state index >= 15 is 0 Å². The van der Waals surface area contributed by atoms with Crippen LogP contribution in [0.3, 0.4) is 0 Å². The maximum Gasteiger partial charge on any atom is 0.408 e. The van der Waals surface area contributed by atoms with Gasteiger partial charge in [-0.1, -0.05) is 23.8 Å². The number of carbonyl (C=O) groups is 4. The zero-order valence-corrected chi connectivity index (χ0v) is 21.6. The third-order valence-electron chi connectivity index (χ3n) is 4.82. The lowest BCUT2D eigenvalue weighted by Gasteiger charge is -2.35. The molecule has 1 aromatic rings. The van der Waals surface area contributed by atoms with Gasteiger partial charge in [0.2, 0.25) is 11.8 Å². The van der Waals surface area contributed by atoms with Crippen LogP contribution in [-0.2, 0) is 23.9 Å². The van der Waals surface area contributed by atoms with E-state index in [1.807, 2.05) is 32.0 Å². The Balaban J connectivity index is 3.18. The summed E-state index contributed by atoms with van der Waals surface area (Å²) in [5.41, 5.74) is 1.75. The number of amides is 3. The number of benzene rings is 1. The first-order valence-corrected chi connectivity index (χ1v) is 11.5. The largest absolute Gasteiger partial charge is 0.466 e. The Morgan fingerprint density at radius 3 is 2.26 bits per heavy atom. The smallest absolute Gasteiger partial charge is 0.408 e. The van der Waals surface area contributed by atoms with Crippen LogP contribution < -0.4 is 10.6 Å². The van der Waals surface area contributed by atoms with Crippen LogP contribution in [-0.4, -0.2) is 60.1 Å². The first kappa shape index (κ1) is 28.9. The van der Waals surface area contributed by atoms with Gasteiger partial charge in [-0.3, -0.25) is 14.4 Å². The SMILES string of the molecule is CCOC(=O)CCNC(=O)C(c1cc(C)ccc1C)N(C(=O)CNC(=O)OC(C)(C)C)C(C)C. The van der Waals surface area contributed by atoms with Gasteiger partial charge in [0.25, 0.3) is 0 Å². The highest BCUT2D eigenvalue weighted by Gasteiger charge is 2.34. The van der Waals surface area contributed by atoms with Crippen LogP contribution in [0.15, 0.2) is 18.2 Å². The fourth-order valence-electron chi connectivity index (χ4n) is 3.37. The van der Waals surface area contributed by atoms with Crippen LogP contribution in [0.2, 0.25) is 0 Å². The average molecular weight is 478 g/mol. The number of carbonyl (C=O) groups excluding carboxylic acids is 4. The summed E-state index contributed by atoms with van der Waals surface area (Å²) in [6.07, 6.45) is -0.693. The molecule has 0 bridgehead atoms. The summed E-state index contributed by atoms with van der Waals surface area (Å²) in [5.74, 6) is -1.27. The third-order valence-corrected chi connectivity index (χ3v) is 4.82. The fraction of sp³-hybridized carbons (Fsp3) is 0.600. The summed E-state index contributed by atoms with van der Waals surface area (Å²) in [6, 6.07) is 4.39. The van der Waals surface area contributed by atoms with E-state index in [1.54, 1.807) is 41.5 Å². The summed E-state index contributed by atoms with van der Waals surface area (Å²) < 4.78 is 10.1. The van der Waals surface area contributed by atoms with Crippen molar-refractivity contribution in [1.82, 2.24) is 15.5 Å². The summed E-state index contributed by atoms with van der Waals surface area (Å²) in [5, 5.41) is 5.23. The molecule has 2 N–H and O–H groups in total. The summed E-state index contributed by atoms with van der Waals surface area (Å²) in [6.45, 7) is 14.3. The second-order valence-electron chi connectivity index (χ2n) is 9.36. The summed E-state index contributed by atoms with van der Waals surface area (Å²) in [7, 11) is 0. The molecule has 0 aliphatic heterocycles. The minimum absolute atomic E-state index is 0.0227. The number of nitrogens with zero attached hydrogens (tertiary/aromatic N) is 1. The van der Waals surface area contributed by atoms with Gasteiger partial charge in [0.1, 0.15) is 18.2 Å². The second-order valence-corrected chi connectivity index (χ2v) is 9.36. The number of nitrogens with one attached hydrogen (secondary N) is 2. The van der Waals surface area contributed by atoms with Crippen molar-refractivity contribution in [1.29, 1.82) is 0 Å². The van der Waals surface area contributed by atoms with E-state index < -0.39 is 35.5 Å². The van der Waals surface area contributed by atoms with Crippen molar-refractivity contribution in [2.75, 3.05) is 19.7 Å². The number of ether oxygens (including phenoxy) is 2. The lowest BCUT2D eigenvalue weighted by molar-refractivity contribution is -0.144. The first-order chi connectivity index (χ1) is 15.8. The molecule has 1 atom stereocenters. The monoisotopic (exact) mass is 477 g/mol. The Kier molecular flexibility index (Phi) is 11.0. The van der Waals surface area contributed by atoms with Crippen LogP contribution in [0.5, 0.6) is 0 Å². The third kappa shape index (κ3) is 9.41. The van der Waals surface area contributed by atoms with E-state index in [0.717, 1.165) is 11.1 Å². The Labute approximate surface area is 202 Å². The highest BCUT2D eigenvalue weighted by Crippen LogP contribution is 2.27. The molecule has 0 heterocycles. The molecule has 0 saturated heterocycles. The highest BCUT2D eigenvalue weighted by atomic mass is 16.6. The van der Waals surface area contributed by atoms with Gasteiger partial charge in [0.05, 0.1) is 13.0 Å². The maximum atomic E-state index is 13.4. The predicted octanol–water partition coefficient (Wildman–Crippen LogP) is 3.18. The Bertz CT molecular complexity index is 876. The number of alkyl carbamates (subject to hydrolysis) is 1. The summed E-state index contributed by atoms with van der Waals surface area (Å²) >= 11 is 0. The lowest BCUT2D eigenvalue weighted by Crippen LogP contribution is -2.50. The number of hydrogen-bond acceptors (Lipinski definition) is 6. The molecule has 3 amide bonds. The molecular weight excluding hydrogens is 438 g/mol. The Morgan fingerprint density at radius 2 is 1.71 bits per heavy atom. The quantitative estimate of drug-likeness (QED) is 0.501. The van der Waals surface area contributed by atoms with Crippen LogP contribution in [0.25, 0.3) is 0 Å². The van der Waals surface area contributed by atoms with Crippen molar-refractivity contribution in [3.8, 4) is 0 Å². The molecular formula is C25H39N3O6. The van der Waals surface area contributed by atoms with Crippen LogP contribution >= 0.6 is 0 Å². The van der Waals surface area contributed by atoms with Crippen molar-refractivity contribution >= 4 is 23.9 Å². The van der Waals surface area contributed by atoms with Gasteiger partial charge in [-0.15, -0.1) is 0 Å². The zero-order chi connectivity index (χ0) is 26.1. The molecule has 0 aromatic heterocycles. The predicted molar refractivity (Wildman–Crippen MR) is 129 cm³/mol. The molecule has 34 heavy (non-hydrogen) atoms. The molecule has 9 nitrogen and oxygen atoms in total. The molecule has 0 spiro atoms. The topological polar surface area (TPSA) is 114 Å². The molecule has 190 valence electrons. The molecule has 1 rings (SSSR count). The molecule has 9 heteroatoms. The minimum Gasteiger partial charge on any atom is -0.466 e. The van der Waals surface area contributed by atoms with Gasteiger partial charge < -0.3 is 25.0 Å². The first-order valence-electron chi connectivity index (χ1n) is 11.5. The molecule has 0 aliphatic carbocycles. The number of aryl methyl sites for hydroxylation is 2. The number of esters is 1. The van der Waals surface area contributed by atoms with Crippen molar-refractivity contribution in [2.45, 2.75) is 79.5 Å². The number of hydrogen-bond donors (Lipinski definition) is 2. The second kappa shape index (κ2) is 13.0. The van der Waals surface area contributed by atoms with Crippen molar-refractivity contribution in [2.24, 2.45) is 0 Å². The van der Waals surface area contributed by atoms with Gasteiger partial charge in [-0.05, 0) is 66.5 Å². The van der Waals surface area contributed by atoms with Gasteiger partial charge >= 0.3 is 12.1 Å². The van der Waals surface area contributed by atoms with Crippen LogP contribution in [0.4, 0.5) is 4.79 Å². The van der Waals surface area contributed by atoms with Crippen molar-refractivity contribution in [3.05, 3.63) is 34.9 Å². The lowest BCUT2D eigenvalue weighted by atomic mass is 9.95. The zero-order valence-electron chi connectivity index (χ0n) is 21.6. The van der Waals surface area contributed by atoms with E-state index in [0.29, 0.717) is 5.56 Å². The van der Waals surface area contributed by atoms with Crippen LogP contribution in [0, 0.1) is 13.8 Å². The molecule has 0 radical (unpaired) electrons. The van der Waals surface area contributed by atoms with E-state index in [1.165, 1.54) is 4.90 Å². The molecule has 0 saturated carbocycles. The van der Waals surface area contributed by atoms with Gasteiger partial charge in [0.15, 0.2) is 0 Å². The van der Waals surface area contributed by atoms with Gasteiger partial charge in [0, 0.05) is 12.6 Å². The maximum absolute atomic E-state index is 13.4. The Hall–Kier alpha value is -3.10. The van der Waals surface area contributed by atoms with Crippen molar-refractivity contribution in [3.63, 3.8) is 0 Å². The Morgan fingerprint density at radius 1 is 1.06 bits per heavy atom. The highest BCUT2D eigenvalue weighted by molar-refractivity contribution is 5.91. The van der Waals surface area contributed by atoms with Crippen LogP contribution in [0.1, 0.15) is 70.7 Å². The van der Waals surface area contributed by atoms with E-state index in [9.17, 15) is 19.2 Å². The number of rotatable bonds is 10. The standard InChI is InChI=1S/C25H39N3O6/c1-9-33-21(30)12-13-26-23(31)22(19-14-17(4)10-11-18(19)5)28(16(2)3)20(29)15-27-24(32)34-25(6,7)8/h10-11,14,16,22H,9,12-13,15H2,1-8H3,(H,26,31)(H,27,32). The van der Waals surface area contributed by atoms with Gasteiger partial charge in [-0.25, -0.2) is 4.79 Å².